The molecule has 3 N–H and O–H groups in total. The molecule has 162 valence electrons. The monoisotopic (exact) mass is 420 g/mol. The van der Waals surface area contributed by atoms with E-state index >= 15 is 0 Å². The van der Waals surface area contributed by atoms with Gasteiger partial charge in [-0.2, -0.15) is 0 Å². The second-order valence-corrected chi connectivity index (χ2v) is 9.29. The van der Waals surface area contributed by atoms with Crippen LogP contribution in [-0.2, 0) is 11.3 Å². The molecule has 2 saturated heterocycles. The third kappa shape index (κ3) is 3.07. The number of nitrogen functional groups attached to an aromatic ring is 1. The Morgan fingerprint density at radius 2 is 1.87 bits per heavy atom. The first kappa shape index (κ1) is 19.9. The van der Waals surface area contributed by atoms with E-state index in [4.69, 9.17) is 20.6 Å². The highest BCUT2D eigenvalue weighted by molar-refractivity contribution is 5.94. The Balaban J connectivity index is 1.42. The lowest BCUT2D eigenvalue weighted by Gasteiger charge is -2.36. The van der Waals surface area contributed by atoms with Crippen molar-refractivity contribution < 1.29 is 14.3 Å². The number of carbonyl (C=O) groups excluding carboxylic acids is 1. The molecule has 2 fully saturated rings. The number of carbonyl (C=O) groups is 1. The summed E-state index contributed by atoms with van der Waals surface area (Å²) >= 11 is 0. The Bertz CT molecular complexity index is 1050. The van der Waals surface area contributed by atoms with Gasteiger partial charge in [0.25, 0.3) is 0 Å². The van der Waals surface area contributed by atoms with Crippen molar-refractivity contribution in [2.45, 2.75) is 32.0 Å². The van der Waals surface area contributed by atoms with Gasteiger partial charge in [0, 0.05) is 36.2 Å². The lowest BCUT2D eigenvalue weighted by molar-refractivity contribution is -0.134. The van der Waals surface area contributed by atoms with E-state index in [1.54, 1.807) is 0 Å². The Morgan fingerprint density at radius 3 is 2.58 bits per heavy atom. The zero-order chi connectivity index (χ0) is 21.9. The third-order valence-corrected chi connectivity index (χ3v) is 7.30. The Hall–Kier alpha value is -3.06. The average molecular weight is 421 g/mol. The van der Waals surface area contributed by atoms with E-state index in [-0.39, 0.29) is 42.0 Å². The molecule has 0 aliphatic carbocycles. The Kier molecular flexibility index (Phi) is 4.48. The summed E-state index contributed by atoms with van der Waals surface area (Å²) in [6, 6.07) is 13.9. The molecule has 0 bridgehead atoms. The number of likely N-dealkylation sites (tertiary alicyclic amines) is 2. The summed E-state index contributed by atoms with van der Waals surface area (Å²) in [5.74, 6) is 1.91. The van der Waals surface area contributed by atoms with Crippen molar-refractivity contribution in [1.29, 1.82) is 5.41 Å². The Labute approximate surface area is 182 Å². The van der Waals surface area contributed by atoms with Gasteiger partial charge in [-0.1, -0.05) is 30.3 Å². The number of amides is 1. The van der Waals surface area contributed by atoms with E-state index in [1.165, 1.54) is 0 Å². The summed E-state index contributed by atoms with van der Waals surface area (Å²) in [5.41, 5.74) is 8.29. The van der Waals surface area contributed by atoms with Gasteiger partial charge in [0.2, 0.25) is 12.7 Å². The zero-order valence-corrected chi connectivity index (χ0v) is 18.1. The summed E-state index contributed by atoms with van der Waals surface area (Å²) in [6.07, 6.45) is 0. The van der Waals surface area contributed by atoms with Crippen LogP contribution in [0.25, 0.3) is 0 Å². The summed E-state index contributed by atoms with van der Waals surface area (Å²) in [5, 5.41) is 7.64. The van der Waals surface area contributed by atoms with Crippen molar-refractivity contribution in [3.8, 4) is 11.5 Å². The summed E-state index contributed by atoms with van der Waals surface area (Å²) < 4.78 is 10.9. The Morgan fingerprint density at radius 1 is 1.16 bits per heavy atom. The lowest BCUT2D eigenvalue weighted by atomic mass is 9.82. The topological polar surface area (TPSA) is 91.9 Å². The molecule has 1 amide bonds. The second kappa shape index (κ2) is 6.99. The number of amidine groups is 1. The van der Waals surface area contributed by atoms with Crippen molar-refractivity contribution in [3.63, 3.8) is 0 Å². The molecule has 0 aromatic heterocycles. The lowest BCUT2D eigenvalue weighted by Crippen LogP contribution is -2.45. The van der Waals surface area contributed by atoms with Crippen LogP contribution >= 0.6 is 0 Å². The number of nitrogens with one attached hydrogen (secondary N) is 1. The van der Waals surface area contributed by atoms with Crippen molar-refractivity contribution in [2.24, 2.45) is 17.6 Å². The van der Waals surface area contributed by atoms with E-state index in [0.717, 1.165) is 22.6 Å². The highest BCUT2D eigenvalue weighted by Gasteiger charge is 2.60. The largest absolute Gasteiger partial charge is 0.454 e. The van der Waals surface area contributed by atoms with Gasteiger partial charge in [-0.3, -0.25) is 15.1 Å². The minimum atomic E-state index is -0.255. The highest BCUT2D eigenvalue weighted by atomic mass is 16.7. The van der Waals surface area contributed by atoms with E-state index in [9.17, 15) is 4.79 Å². The first-order valence-corrected chi connectivity index (χ1v) is 10.6. The van der Waals surface area contributed by atoms with Crippen LogP contribution in [0.1, 0.15) is 36.6 Å². The molecule has 0 saturated carbocycles. The van der Waals surface area contributed by atoms with Crippen molar-refractivity contribution >= 4 is 11.7 Å². The molecular formula is C24H28N4O3. The second-order valence-electron chi connectivity index (χ2n) is 9.29. The van der Waals surface area contributed by atoms with E-state index < -0.39 is 0 Å². The fourth-order valence-corrected chi connectivity index (χ4v) is 5.54. The van der Waals surface area contributed by atoms with Gasteiger partial charge >= 0.3 is 0 Å². The van der Waals surface area contributed by atoms with Crippen LogP contribution in [0, 0.1) is 17.2 Å². The summed E-state index contributed by atoms with van der Waals surface area (Å²) in [4.78, 5) is 17.8. The molecule has 7 heteroatoms. The molecule has 0 spiro atoms. The number of hydrogen-bond donors (Lipinski definition) is 2. The third-order valence-electron chi connectivity index (χ3n) is 7.30. The van der Waals surface area contributed by atoms with Crippen LogP contribution in [0.3, 0.4) is 0 Å². The first-order chi connectivity index (χ1) is 14.8. The van der Waals surface area contributed by atoms with Crippen molar-refractivity contribution in [1.82, 2.24) is 9.80 Å². The maximum atomic E-state index is 13.5. The van der Waals surface area contributed by atoms with Gasteiger partial charge in [-0.05, 0) is 44.2 Å². The summed E-state index contributed by atoms with van der Waals surface area (Å²) in [7, 11) is 2.11. The van der Waals surface area contributed by atoms with Crippen LogP contribution < -0.4 is 15.2 Å². The van der Waals surface area contributed by atoms with Gasteiger partial charge in [0.05, 0.1) is 5.92 Å². The number of hydrogen-bond acceptors (Lipinski definition) is 5. The molecule has 2 aromatic rings. The number of benzene rings is 2. The normalized spacial score (nSPS) is 26.4. The maximum Gasteiger partial charge on any atom is 0.231 e. The van der Waals surface area contributed by atoms with Gasteiger partial charge in [0.1, 0.15) is 5.84 Å². The fraction of sp³-hybridized carbons (Fsp3) is 0.417. The molecule has 5 rings (SSSR count). The van der Waals surface area contributed by atoms with Crippen LogP contribution in [0.4, 0.5) is 0 Å². The quantitative estimate of drug-likeness (QED) is 0.586. The number of rotatable bonds is 4. The molecule has 2 aromatic carbocycles. The minimum absolute atomic E-state index is 0.0653. The van der Waals surface area contributed by atoms with Gasteiger partial charge in [-0.15, -0.1) is 0 Å². The van der Waals surface area contributed by atoms with Crippen LogP contribution in [0.15, 0.2) is 42.5 Å². The average Bonchev–Trinajstić information content (AvgIpc) is 3.37. The van der Waals surface area contributed by atoms with Crippen molar-refractivity contribution in [3.05, 3.63) is 59.2 Å². The molecule has 3 atom stereocenters. The first-order valence-electron chi connectivity index (χ1n) is 10.6. The van der Waals surface area contributed by atoms with Gasteiger partial charge in [-0.25, -0.2) is 0 Å². The van der Waals surface area contributed by atoms with Crippen molar-refractivity contribution in [2.75, 3.05) is 20.4 Å². The highest BCUT2D eigenvalue weighted by Crippen LogP contribution is 2.53. The molecule has 3 aliphatic rings. The predicted molar refractivity (Wildman–Crippen MR) is 117 cm³/mol. The van der Waals surface area contributed by atoms with Crippen LogP contribution in [-0.4, -0.2) is 47.5 Å². The SMILES string of the molecule is CN1[C@H](c2ccc(C(=N)N)cc2)[C@@H]2CN(Cc3ccc4c(c3)OCO4)C(=O)[C@@H]2C1(C)C. The minimum Gasteiger partial charge on any atom is -0.454 e. The number of ether oxygens (including phenoxy) is 2. The van der Waals surface area contributed by atoms with Gasteiger partial charge in [0.15, 0.2) is 11.5 Å². The predicted octanol–water partition coefficient (Wildman–Crippen LogP) is 2.74. The molecular weight excluding hydrogens is 392 g/mol. The van der Waals surface area contributed by atoms with E-state index in [2.05, 4.69) is 25.8 Å². The number of nitrogens with two attached hydrogens (primary N) is 1. The standard InChI is InChI=1S/C24H28N4O3/c1-24(2)20-17(21(27(24)3)15-5-7-16(8-6-15)22(25)26)12-28(23(20)29)11-14-4-9-18-19(10-14)31-13-30-18/h4-10,17,20-21H,11-13H2,1-3H3,(H3,25,26)/t17-,20-,21-/m1/s1. The van der Waals surface area contributed by atoms with E-state index in [0.29, 0.717) is 18.7 Å². The van der Waals surface area contributed by atoms with Gasteiger partial charge < -0.3 is 20.1 Å². The molecule has 0 radical (unpaired) electrons. The molecule has 0 unspecified atom stereocenters. The molecule has 3 aliphatic heterocycles. The maximum absolute atomic E-state index is 13.5. The molecule has 3 heterocycles. The zero-order valence-electron chi connectivity index (χ0n) is 18.1. The molecule has 31 heavy (non-hydrogen) atoms. The number of nitrogens with zero attached hydrogens (tertiary/aromatic N) is 2. The van der Waals surface area contributed by atoms with Crippen LogP contribution in [0.2, 0.25) is 0 Å². The smallest absolute Gasteiger partial charge is 0.231 e. The van der Waals surface area contributed by atoms with E-state index in [1.807, 2.05) is 47.4 Å². The molecule has 7 nitrogen and oxygen atoms in total. The fourth-order valence-electron chi connectivity index (χ4n) is 5.54. The van der Waals surface area contributed by atoms with Crippen LogP contribution in [0.5, 0.6) is 11.5 Å². The number of fused-ring (bicyclic) bond motifs is 2. The summed E-state index contributed by atoms with van der Waals surface area (Å²) in [6.45, 7) is 5.85.